The molecule has 2 unspecified atom stereocenters. The van der Waals surface area contributed by atoms with Gasteiger partial charge in [0.05, 0.1) is 6.10 Å². The molecule has 72 valence electrons. The van der Waals surface area contributed by atoms with E-state index in [0.29, 0.717) is 0 Å². The second-order valence-electron chi connectivity index (χ2n) is 4.23. The maximum absolute atomic E-state index is 9.95. The zero-order chi connectivity index (χ0) is 9.03. The first-order valence-corrected chi connectivity index (χ1v) is 5.43. The van der Waals surface area contributed by atoms with Crippen LogP contribution >= 0.6 is 0 Å². The number of aliphatic hydroxyl groups is 1. The van der Waals surface area contributed by atoms with Gasteiger partial charge in [0.25, 0.3) is 0 Å². The van der Waals surface area contributed by atoms with Gasteiger partial charge in [-0.15, -0.1) is 0 Å². The summed E-state index contributed by atoms with van der Waals surface area (Å²) in [6.45, 7) is 4.45. The van der Waals surface area contributed by atoms with Crippen LogP contribution in [0.3, 0.4) is 0 Å². The standard InChI is InChI=1S/C11H22O/c1-3-8-11(4-2)9-6-5-7-10(11)12/h10,12H,3-9H2,1-2H3. The number of aliphatic hydroxyl groups excluding tert-OH is 1. The molecule has 0 aromatic heterocycles. The summed E-state index contributed by atoms with van der Waals surface area (Å²) in [5.74, 6) is 0. The van der Waals surface area contributed by atoms with Crippen LogP contribution in [0.25, 0.3) is 0 Å². The quantitative estimate of drug-likeness (QED) is 0.690. The van der Waals surface area contributed by atoms with Crippen molar-refractivity contribution in [3.05, 3.63) is 0 Å². The summed E-state index contributed by atoms with van der Waals surface area (Å²) < 4.78 is 0. The average Bonchev–Trinajstić information content (AvgIpc) is 2.10. The Labute approximate surface area is 76.2 Å². The molecule has 1 aliphatic carbocycles. The Balaban J connectivity index is 2.60. The first-order chi connectivity index (χ1) is 5.75. The molecule has 0 bridgehead atoms. The predicted octanol–water partition coefficient (Wildman–Crippen LogP) is 3.12. The summed E-state index contributed by atoms with van der Waals surface area (Å²) in [5, 5.41) is 9.95. The van der Waals surface area contributed by atoms with E-state index in [1.54, 1.807) is 0 Å². The summed E-state index contributed by atoms with van der Waals surface area (Å²) in [6, 6.07) is 0. The van der Waals surface area contributed by atoms with E-state index in [-0.39, 0.29) is 11.5 Å². The van der Waals surface area contributed by atoms with Crippen molar-refractivity contribution in [1.82, 2.24) is 0 Å². The van der Waals surface area contributed by atoms with Gasteiger partial charge in [-0.1, -0.05) is 33.1 Å². The Morgan fingerprint density at radius 2 is 2.08 bits per heavy atom. The van der Waals surface area contributed by atoms with Gasteiger partial charge in [0.15, 0.2) is 0 Å². The highest BCUT2D eigenvalue weighted by atomic mass is 16.3. The molecule has 0 spiro atoms. The van der Waals surface area contributed by atoms with E-state index >= 15 is 0 Å². The van der Waals surface area contributed by atoms with Crippen molar-refractivity contribution < 1.29 is 5.11 Å². The Bertz CT molecular complexity index is 129. The van der Waals surface area contributed by atoms with Crippen molar-refractivity contribution in [1.29, 1.82) is 0 Å². The second-order valence-corrected chi connectivity index (χ2v) is 4.23. The van der Waals surface area contributed by atoms with E-state index in [2.05, 4.69) is 13.8 Å². The molecule has 0 aromatic rings. The fraction of sp³-hybridized carbons (Fsp3) is 1.00. The third-order valence-corrected chi connectivity index (χ3v) is 3.56. The van der Waals surface area contributed by atoms with E-state index in [1.807, 2.05) is 0 Å². The number of rotatable bonds is 3. The van der Waals surface area contributed by atoms with Gasteiger partial charge in [-0.05, 0) is 31.1 Å². The minimum Gasteiger partial charge on any atom is -0.393 e. The Hall–Kier alpha value is -0.0400. The highest BCUT2D eigenvalue weighted by molar-refractivity contribution is 4.88. The summed E-state index contributed by atoms with van der Waals surface area (Å²) in [6.07, 6.45) is 8.40. The predicted molar refractivity (Wildman–Crippen MR) is 52.1 cm³/mol. The van der Waals surface area contributed by atoms with Gasteiger partial charge in [0, 0.05) is 0 Å². The molecule has 1 heteroatoms. The molecule has 1 fully saturated rings. The largest absolute Gasteiger partial charge is 0.393 e. The van der Waals surface area contributed by atoms with Crippen LogP contribution in [0.1, 0.15) is 58.8 Å². The SMILES string of the molecule is CCCC1(CC)CCCCC1O. The second kappa shape index (κ2) is 4.27. The molecule has 0 radical (unpaired) electrons. The molecule has 0 heterocycles. The smallest absolute Gasteiger partial charge is 0.0596 e. The van der Waals surface area contributed by atoms with Crippen LogP contribution in [0.15, 0.2) is 0 Å². The van der Waals surface area contributed by atoms with Crippen LogP contribution in [0, 0.1) is 5.41 Å². The molecule has 1 rings (SSSR count). The molecule has 1 aliphatic rings. The molecule has 1 saturated carbocycles. The van der Waals surface area contributed by atoms with Gasteiger partial charge < -0.3 is 5.11 Å². The van der Waals surface area contributed by atoms with Crippen molar-refractivity contribution in [2.75, 3.05) is 0 Å². The van der Waals surface area contributed by atoms with Crippen LogP contribution in [-0.4, -0.2) is 11.2 Å². The highest BCUT2D eigenvalue weighted by Gasteiger charge is 2.36. The van der Waals surface area contributed by atoms with E-state index in [4.69, 9.17) is 0 Å². The van der Waals surface area contributed by atoms with Crippen LogP contribution in [-0.2, 0) is 0 Å². The summed E-state index contributed by atoms with van der Waals surface area (Å²) in [5.41, 5.74) is 0.285. The Morgan fingerprint density at radius 1 is 1.33 bits per heavy atom. The van der Waals surface area contributed by atoms with Gasteiger partial charge in [0.1, 0.15) is 0 Å². The summed E-state index contributed by atoms with van der Waals surface area (Å²) >= 11 is 0. The molecule has 12 heavy (non-hydrogen) atoms. The normalized spacial score (nSPS) is 36.8. The number of hydrogen-bond donors (Lipinski definition) is 1. The highest BCUT2D eigenvalue weighted by Crippen LogP contribution is 2.42. The van der Waals surface area contributed by atoms with Crippen LogP contribution in [0.5, 0.6) is 0 Å². The lowest BCUT2D eigenvalue weighted by molar-refractivity contribution is -0.0212. The van der Waals surface area contributed by atoms with Gasteiger partial charge in [0.2, 0.25) is 0 Å². The van der Waals surface area contributed by atoms with E-state index in [0.717, 1.165) is 12.8 Å². The lowest BCUT2D eigenvalue weighted by Crippen LogP contribution is -2.37. The van der Waals surface area contributed by atoms with Crippen molar-refractivity contribution in [3.8, 4) is 0 Å². The molecular formula is C11H22O. The Kier molecular flexibility index (Phi) is 3.57. The maximum Gasteiger partial charge on any atom is 0.0596 e. The molecule has 1 N–H and O–H groups in total. The van der Waals surface area contributed by atoms with E-state index < -0.39 is 0 Å². The lowest BCUT2D eigenvalue weighted by atomic mass is 9.67. The molecule has 2 atom stereocenters. The lowest BCUT2D eigenvalue weighted by Gasteiger charge is -2.41. The first kappa shape index (κ1) is 10.0. The zero-order valence-electron chi connectivity index (χ0n) is 8.47. The first-order valence-electron chi connectivity index (χ1n) is 5.43. The van der Waals surface area contributed by atoms with E-state index in [1.165, 1.54) is 32.1 Å². The summed E-state index contributed by atoms with van der Waals surface area (Å²) in [7, 11) is 0. The maximum atomic E-state index is 9.95. The molecule has 0 saturated heterocycles. The topological polar surface area (TPSA) is 20.2 Å². The van der Waals surface area contributed by atoms with Crippen molar-refractivity contribution in [3.63, 3.8) is 0 Å². The average molecular weight is 170 g/mol. The summed E-state index contributed by atoms with van der Waals surface area (Å²) in [4.78, 5) is 0. The Morgan fingerprint density at radius 3 is 2.58 bits per heavy atom. The number of hydrogen-bond acceptors (Lipinski definition) is 1. The van der Waals surface area contributed by atoms with Gasteiger partial charge in [-0.2, -0.15) is 0 Å². The van der Waals surface area contributed by atoms with Crippen LogP contribution in [0.2, 0.25) is 0 Å². The minimum absolute atomic E-state index is 0.0174. The molecule has 0 aromatic carbocycles. The third-order valence-electron chi connectivity index (χ3n) is 3.56. The van der Waals surface area contributed by atoms with Gasteiger partial charge in [-0.3, -0.25) is 0 Å². The molecule has 1 nitrogen and oxygen atoms in total. The van der Waals surface area contributed by atoms with Crippen LogP contribution in [0.4, 0.5) is 0 Å². The molecule has 0 amide bonds. The third kappa shape index (κ3) is 1.82. The molecule has 0 aliphatic heterocycles. The monoisotopic (exact) mass is 170 g/mol. The van der Waals surface area contributed by atoms with Crippen LogP contribution < -0.4 is 0 Å². The van der Waals surface area contributed by atoms with Gasteiger partial charge >= 0.3 is 0 Å². The van der Waals surface area contributed by atoms with Crippen molar-refractivity contribution in [2.45, 2.75) is 64.9 Å². The minimum atomic E-state index is -0.0174. The van der Waals surface area contributed by atoms with Gasteiger partial charge in [-0.25, -0.2) is 0 Å². The fourth-order valence-corrected chi connectivity index (χ4v) is 2.67. The fourth-order valence-electron chi connectivity index (χ4n) is 2.67. The molecular weight excluding hydrogens is 148 g/mol. The van der Waals surface area contributed by atoms with Crippen molar-refractivity contribution in [2.24, 2.45) is 5.41 Å². The van der Waals surface area contributed by atoms with Crippen molar-refractivity contribution >= 4 is 0 Å². The van der Waals surface area contributed by atoms with E-state index in [9.17, 15) is 5.11 Å². The zero-order valence-corrected chi connectivity index (χ0v) is 8.47.